The molecule has 0 bridgehead atoms. The third kappa shape index (κ3) is 6.22. The molecular weight excluding hydrogens is 213 g/mol. The highest BCUT2D eigenvalue weighted by atomic mass is 32.3. The van der Waals surface area contributed by atoms with Gasteiger partial charge in [-0.2, -0.15) is 16.8 Å². The van der Waals surface area contributed by atoms with Crippen LogP contribution in [-0.4, -0.2) is 23.4 Å². The minimum Gasteiger partial charge on any atom is -0.516 e. The number of hydrogen-bond donors (Lipinski definition) is 1. The number of nitrogens with one attached hydrogen (secondary N) is 1. The van der Waals surface area contributed by atoms with E-state index in [0.29, 0.717) is 4.13 Å². The van der Waals surface area contributed by atoms with Crippen molar-refractivity contribution in [3.63, 3.8) is 0 Å². The molecule has 0 rings (SSSR count). The molecule has 9 heteroatoms. The summed E-state index contributed by atoms with van der Waals surface area (Å²) in [5.41, 5.74) is 0. The molecule has 0 atom stereocenters. The minimum atomic E-state index is -5.33. The van der Waals surface area contributed by atoms with Crippen LogP contribution in [0.2, 0.25) is 0 Å². The second kappa shape index (κ2) is 3.94. The lowest BCUT2D eigenvalue weighted by Gasteiger charge is -2.01. The molecule has 0 aliphatic rings. The highest BCUT2D eigenvalue weighted by Crippen LogP contribution is 1.93. The van der Waals surface area contributed by atoms with Crippen LogP contribution in [0.1, 0.15) is 0 Å². The zero-order chi connectivity index (χ0) is 9.83. The van der Waals surface area contributed by atoms with Gasteiger partial charge in [0, 0.05) is 0 Å². The smallest absolute Gasteiger partial charge is 0.387 e. The molecule has 72 valence electrons. The Hall–Kier alpha value is -0.510. The van der Waals surface area contributed by atoms with Crippen LogP contribution in [0.5, 0.6) is 0 Å². The van der Waals surface area contributed by atoms with E-state index in [2.05, 4.69) is 4.18 Å². The van der Waals surface area contributed by atoms with E-state index in [4.69, 9.17) is 6.58 Å². The first-order valence-electron chi connectivity index (χ1n) is 2.43. The predicted molar refractivity (Wildman–Crippen MR) is 36.9 cm³/mol. The molecule has 0 radical (unpaired) electrons. The molecule has 12 heavy (non-hydrogen) atoms. The summed E-state index contributed by atoms with van der Waals surface area (Å²) in [4.78, 5) is 0. The van der Waals surface area contributed by atoms with Gasteiger partial charge in [-0.25, -0.2) is 6.08 Å². The third-order valence-electron chi connectivity index (χ3n) is 0.521. The highest BCUT2D eigenvalue weighted by Gasteiger charge is 2.18. The van der Waals surface area contributed by atoms with Gasteiger partial charge in [0.05, 0.1) is 6.61 Å². The van der Waals surface area contributed by atoms with Gasteiger partial charge in [0.15, 0.2) is 0 Å². The zero-order valence-electron chi connectivity index (χ0n) is 5.60. The Balaban J connectivity index is 4.35. The van der Waals surface area contributed by atoms with E-state index >= 15 is 0 Å². The molecule has 0 amide bonds. The summed E-state index contributed by atoms with van der Waals surface area (Å²) in [5.74, 6) is 0. The monoisotopic (exact) mass is 218 g/mol. The summed E-state index contributed by atoms with van der Waals surface area (Å²) in [7, 11) is -9.96. The van der Waals surface area contributed by atoms with Crippen molar-refractivity contribution in [3.8, 4) is 0 Å². The van der Waals surface area contributed by atoms with Crippen molar-refractivity contribution in [1.82, 2.24) is 4.13 Å². The van der Waals surface area contributed by atoms with Gasteiger partial charge in [-0.15, -0.1) is 0 Å². The van der Waals surface area contributed by atoms with Gasteiger partial charge in [-0.05, 0) is 0 Å². The summed E-state index contributed by atoms with van der Waals surface area (Å²) in [6, 6.07) is 0. The van der Waals surface area contributed by atoms with Crippen molar-refractivity contribution >= 4 is 20.7 Å². The molecule has 0 aromatic carbocycles. The van der Waals surface area contributed by atoms with E-state index in [0.717, 1.165) is 6.08 Å². The quantitative estimate of drug-likeness (QED) is 0.474. The summed E-state index contributed by atoms with van der Waals surface area (Å²) in [6.45, 7) is 4.16. The van der Waals surface area contributed by atoms with Crippen LogP contribution in [0.25, 0.3) is 0 Å². The van der Waals surface area contributed by atoms with E-state index in [1.54, 1.807) is 0 Å². The van der Waals surface area contributed by atoms with Gasteiger partial charge in [0.2, 0.25) is 0 Å². The lowest BCUT2D eigenvalue weighted by atomic mass is 10.7. The van der Waals surface area contributed by atoms with Crippen LogP contribution in [0.15, 0.2) is 6.08 Å². The van der Waals surface area contributed by atoms with Crippen molar-refractivity contribution in [3.05, 3.63) is 12.7 Å². The van der Waals surface area contributed by atoms with Crippen molar-refractivity contribution in [1.29, 1.82) is 0 Å². The average molecular weight is 218 g/mol. The zero-order valence-corrected chi connectivity index (χ0v) is 7.23. The number of rotatable bonds is 5. The largest absolute Gasteiger partial charge is 0.516 e. The number of hydrogen-bond acceptors (Lipinski definition) is 5. The molecule has 0 spiro atoms. The Morgan fingerprint density at radius 1 is 1.42 bits per heavy atom. The lowest BCUT2D eigenvalue weighted by molar-refractivity contribution is 0.353. The Morgan fingerprint density at radius 3 is 2.25 bits per heavy atom. The van der Waals surface area contributed by atoms with E-state index in [9.17, 15) is 20.7 Å². The van der Waals surface area contributed by atoms with Crippen LogP contribution in [0.3, 0.4) is 0 Å². The summed E-state index contributed by atoms with van der Waals surface area (Å²) in [5, 5.41) is 0. The molecule has 0 fully saturated rings. The van der Waals surface area contributed by atoms with E-state index in [1.165, 1.54) is 0 Å². The van der Waals surface area contributed by atoms with Crippen molar-refractivity contribution in [2.75, 3.05) is 6.61 Å². The molecule has 0 saturated heterocycles. The Bertz CT molecular complexity index is 343. The van der Waals surface area contributed by atoms with E-state index < -0.39 is 27.3 Å². The Morgan fingerprint density at radius 2 is 1.92 bits per heavy atom. The van der Waals surface area contributed by atoms with Gasteiger partial charge in [-0.3, -0.25) is 4.18 Å². The molecule has 0 aromatic heterocycles. The molecular formula is C3H5FNO5S2-. The lowest BCUT2D eigenvalue weighted by Crippen LogP contribution is -2.29. The van der Waals surface area contributed by atoms with Crippen molar-refractivity contribution < 1.29 is 24.9 Å². The molecule has 0 unspecified atom stereocenters. The highest BCUT2D eigenvalue weighted by molar-refractivity contribution is 8.00. The van der Waals surface area contributed by atoms with Gasteiger partial charge in [0.1, 0.15) is 0 Å². The van der Waals surface area contributed by atoms with Gasteiger partial charge >= 0.3 is 20.7 Å². The topological polar surface area (TPSA) is 89.5 Å². The second-order valence-electron chi connectivity index (χ2n) is 1.50. The normalized spacial score (nSPS) is 12.8. The first-order valence-corrected chi connectivity index (χ1v) is 5.22. The standard InChI is InChI=1S/C3H5FNO5S2/c1-2-3-10-12(8,9)5-11(4,6)7/h1-2,5H,3H2/q-1. The molecule has 0 aliphatic heterocycles. The van der Waals surface area contributed by atoms with Crippen LogP contribution in [0, 0.1) is 6.58 Å². The van der Waals surface area contributed by atoms with Gasteiger partial charge in [0.25, 0.3) is 0 Å². The van der Waals surface area contributed by atoms with Gasteiger partial charge in [-0.1, -0.05) is 8.01 Å². The molecule has 0 heterocycles. The SMILES string of the molecule is [CH-]=CCOS(=O)(=O)NS(=O)(=O)F. The Labute approximate surface area is 69.6 Å². The maximum atomic E-state index is 11.7. The first kappa shape index (κ1) is 11.5. The van der Waals surface area contributed by atoms with Crippen molar-refractivity contribution in [2.45, 2.75) is 0 Å². The fraction of sp³-hybridized carbons (Fsp3) is 0.333. The maximum Gasteiger partial charge on any atom is 0.387 e. The van der Waals surface area contributed by atoms with Gasteiger partial charge < -0.3 is 6.58 Å². The molecule has 6 nitrogen and oxygen atoms in total. The summed E-state index contributed by atoms with van der Waals surface area (Å²) < 4.78 is 56.3. The fourth-order valence-corrected chi connectivity index (χ4v) is 1.70. The molecule has 0 aliphatic carbocycles. The first-order chi connectivity index (χ1) is 5.27. The van der Waals surface area contributed by atoms with E-state index in [1.807, 2.05) is 0 Å². The fourth-order valence-electron chi connectivity index (χ4n) is 0.275. The second-order valence-corrected chi connectivity index (χ2v) is 4.18. The average Bonchev–Trinajstić information content (AvgIpc) is 1.78. The van der Waals surface area contributed by atoms with Crippen LogP contribution in [-0.2, 0) is 24.9 Å². The maximum absolute atomic E-state index is 11.7. The minimum absolute atomic E-state index is 0.551. The van der Waals surface area contributed by atoms with Crippen LogP contribution in [0.4, 0.5) is 3.89 Å². The molecule has 0 saturated carbocycles. The van der Waals surface area contributed by atoms with Crippen LogP contribution >= 0.6 is 0 Å². The number of halogens is 1. The molecule has 0 aromatic rings. The third-order valence-corrected chi connectivity index (χ3v) is 2.58. The predicted octanol–water partition coefficient (Wildman–Crippen LogP) is -0.959. The Kier molecular flexibility index (Phi) is 3.77. The summed E-state index contributed by atoms with van der Waals surface area (Å²) in [6.07, 6.45) is 0.810. The van der Waals surface area contributed by atoms with Crippen LogP contribution < -0.4 is 4.13 Å². The molecule has 1 N–H and O–H groups in total. The van der Waals surface area contributed by atoms with Crippen molar-refractivity contribution in [2.24, 2.45) is 0 Å². The van der Waals surface area contributed by atoms with E-state index in [-0.39, 0.29) is 0 Å². The summed E-state index contributed by atoms with van der Waals surface area (Å²) >= 11 is 0.